The van der Waals surface area contributed by atoms with Gasteiger partial charge in [-0.25, -0.2) is 26.3 Å². The Hall–Kier alpha value is -1.74. The van der Waals surface area contributed by atoms with E-state index < -0.39 is 41.6 Å². The summed E-state index contributed by atoms with van der Waals surface area (Å²) in [5.74, 6) is 0. The van der Waals surface area contributed by atoms with E-state index in [4.69, 9.17) is 0 Å². The topological polar surface area (TPSA) is 92.3 Å². The van der Waals surface area contributed by atoms with E-state index in [1.807, 2.05) is 12.1 Å². The summed E-state index contributed by atoms with van der Waals surface area (Å²) in [5, 5.41) is 0. The van der Waals surface area contributed by atoms with Gasteiger partial charge in [0.25, 0.3) is 0 Å². The molecule has 0 aliphatic heterocycles. The van der Waals surface area contributed by atoms with Crippen molar-refractivity contribution in [3.8, 4) is 0 Å². The van der Waals surface area contributed by atoms with Gasteiger partial charge in [0, 0.05) is 0 Å². The van der Waals surface area contributed by atoms with Crippen LogP contribution in [0.3, 0.4) is 0 Å². The van der Waals surface area contributed by atoms with E-state index in [1.165, 1.54) is 0 Å². The Morgan fingerprint density at radius 1 is 0.567 bits per heavy atom. The highest BCUT2D eigenvalue weighted by Crippen LogP contribution is 2.33. The highest BCUT2D eigenvalue weighted by atomic mass is 32.2. The summed E-state index contributed by atoms with van der Waals surface area (Å²) < 4.78 is 55.6. The van der Waals surface area contributed by atoms with Gasteiger partial charge in [-0.1, -0.05) is 60.7 Å². The monoisotopic (exact) mass is 452 g/mol. The summed E-state index contributed by atoms with van der Waals surface area (Å²) in [6.07, 6.45) is 0. The van der Waals surface area contributed by atoms with Crippen molar-refractivity contribution in [3.63, 3.8) is 0 Å². The van der Waals surface area contributed by atoms with Gasteiger partial charge >= 0.3 is 0 Å². The predicted octanol–water partition coefficient (Wildman–Crippen LogP) is 3.90. The van der Waals surface area contributed by atoms with E-state index in [9.17, 15) is 16.8 Å². The Bertz CT molecular complexity index is 950. The number of hydrogen-bond donors (Lipinski definition) is 2. The maximum absolute atomic E-state index is 13.0. The molecule has 0 saturated heterocycles. The highest BCUT2D eigenvalue weighted by Gasteiger charge is 2.39. The SMILES string of the molecule is CC(C)(C)S(=O)(=O)NC(c1ccccc1)[C@@H](NS(=O)(=O)C(C)(C)C)c1ccccc1. The lowest BCUT2D eigenvalue weighted by Gasteiger charge is -2.34. The minimum atomic E-state index is -3.77. The molecule has 0 amide bonds. The minimum Gasteiger partial charge on any atom is -0.212 e. The third kappa shape index (κ3) is 5.69. The van der Waals surface area contributed by atoms with Crippen molar-refractivity contribution in [2.24, 2.45) is 0 Å². The van der Waals surface area contributed by atoms with Crippen LogP contribution in [-0.4, -0.2) is 26.3 Å². The molecule has 0 aliphatic rings. The Morgan fingerprint density at radius 2 is 0.833 bits per heavy atom. The normalized spacial score (nSPS) is 15.5. The molecule has 1 unspecified atom stereocenters. The molecule has 0 fully saturated rings. The number of hydrogen-bond acceptors (Lipinski definition) is 4. The van der Waals surface area contributed by atoms with Crippen LogP contribution in [0, 0.1) is 0 Å². The molecular weight excluding hydrogens is 420 g/mol. The average molecular weight is 453 g/mol. The summed E-state index contributed by atoms with van der Waals surface area (Å²) in [6, 6.07) is 16.3. The van der Waals surface area contributed by atoms with Crippen LogP contribution < -0.4 is 9.44 Å². The first kappa shape index (κ1) is 24.5. The van der Waals surface area contributed by atoms with Gasteiger partial charge in [0.1, 0.15) is 0 Å². The molecule has 2 atom stereocenters. The summed E-state index contributed by atoms with van der Waals surface area (Å²) in [5.41, 5.74) is 1.33. The van der Waals surface area contributed by atoms with Crippen LogP contribution in [0.15, 0.2) is 60.7 Å². The molecule has 30 heavy (non-hydrogen) atoms. The lowest BCUT2D eigenvalue weighted by Crippen LogP contribution is -2.48. The highest BCUT2D eigenvalue weighted by molar-refractivity contribution is 7.91. The van der Waals surface area contributed by atoms with Crippen molar-refractivity contribution in [1.29, 1.82) is 0 Å². The van der Waals surface area contributed by atoms with Gasteiger partial charge in [-0.2, -0.15) is 0 Å². The van der Waals surface area contributed by atoms with Crippen molar-refractivity contribution in [3.05, 3.63) is 71.8 Å². The van der Waals surface area contributed by atoms with Gasteiger partial charge in [0.2, 0.25) is 20.0 Å². The first-order chi connectivity index (χ1) is 13.7. The first-order valence-corrected chi connectivity index (χ1v) is 12.8. The zero-order valence-electron chi connectivity index (χ0n) is 18.4. The molecule has 2 aromatic carbocycles. The van der Waals surface area contributed by atoms with E-state index in [1.54, 1.807) is 90.1 Å². The Kier molecular flexibility index (Phi) is 7.18. The van der Waals surface area contributed by atoms with E-state index >= 15 is 0 Å². The molecular formula is C22H32N2O4S2. The van der Waals surface area contributed by atoms with Gasteiger partial charge in [-0.15, -0.1) is 0 Å². The second-order valence-corrected chi connectivity index (χ2v) is 14.2. The summed E-state index contributed by atoms with van der Waals surface area (Å²) in [6.45, 7) is 9.63. The predicted molar refractivity (Wildman–Crippen MR) is 122 cm³/mol. The maximum Gasteiger partial charge on any atom is 0.217 e. The van der Waals surface area contributed by atoms with Gasteiger partial charge < -0.3 is 0 Å². The summed E-state index contributed by atoms with van der Waals surface area (Å²) in [4.78, 5) is 0. The average Bonchev–Trinajstić information content (AvgIpc) is 2.64. The molecule has 0 spiro atoms. The second-order valence-electron chi connectivity index (χ2n) is 9.24. The molecule has 6 nitrogen and oxygen atoms in total. The fourth-order valence-electron chi connectivity index (χ4n) is 2.67. The lowest BCUT2D eigenvalue weighted by molar-refractivity contribution is 0.449. The van der Waals surface area contributed by atoms with Gasteiger partial charge in [-0.3, -0.25) is 0 Å². The van der Waals surface area contributed by atoms with Crippen LogP contribution in [0.5, 0.6) is 0 Å². The molecule has 0 heterocycles. The van der Waals surface area contributed by atoms with E-state index in [-0.39, 0.29) is 0 Å². The second kappa shape index (κ2) is 8.78. The van der Waals surface area contributed by atoms with Crippen LogP contribution in [0.1, 0.15) is 64.8 Å². The van der Waals surface area contributed by atoms with Crippen molar-refractivity contribution in [2.45, 2.75) is 63.1 Å². The molecule has 0 aliphatic carbocycles. The number of rotatable bonds is 7. The van der Waals surface area contributed by atoms with E-state index in [2.05, 4.69) is 9.44 Å². The molecule has 166 valence electrons. The van der Waals surface area contributed by atoms with E-state index in [0.717, 1.165) is 0 Å². The molecule has 2 rings (SSSR count). The standard InChI is InChI=1S/C22H32N2O4S2/c1-21(2,3)29(25,26)23-19(17-13-9-7-10-14-17)20(18-15-11-8-12-16-18)24-30(27,28)22(4,5)6/h7-16,19-20,23-24H,1-6H3/t19-,20?/m0/s1. The fraction of sp³-hybridized carbons (Fsp3) is 0.455. The Labute approximate surface area is 181 Å². The number of sulfonamides is 2. The zero-order valence-corrected chi connectivity index (χ0v) is 20.0. The maximum atomic E-state index is 13.0. The zero-order chi connectivity index (χ0) is 22.8. The van der Waals surface area contributed by atoms with Crippen LogP contribution in [-0.2, 0) is 20.0 Å². The third-order valence-electron chi connectivity index (χ3n) is 4.83. The van der Waals surface area contributed by atoms with Crippen LogP contribution in [0.25, 0.3) is 0 Å². The van der Waals surface area contributed by atoms with Crippen molar-refractivity contribution in [1.82, 2.24) is 9.44 Å². The summed E-state index contributed by atoms with van der Waals surface area (Å²) >= 11 is 0. The molecule has 8 heteroatoms. The van der Waals surface area contributed by atoms with E-state index in [0.29, 0.717) is 11.1 Å². The number of benzene rings is 2. The van der Waals surface area contributed by atoms with Gasteiger partial charge in [-0.05, 0) is 52.7 Å². The Morgan fingerprint density at radius 3 is 1.07 bits per heavy atom. The number of nitrogens with one attached hydrogen (secondary N) is 2. The van der Waals surface area contributed by atoms with Crippen LogP contribution >= 0.6 is 0 Å². The fourth-order valence-corrected chi connectivity index (χ4v) is 4.59. The molecule has 0 saturated carbocycles. The summed E-state index contributed by atoms with van der Waals surface area (Å²) in [7, 11) is -7.55. The smallest absolute Gasteiger partial charge is 0.212 e. The largest absolute Gasteiger partial charge is 0.217 e. The Balaban J connectivity index is 2.67. The molecule has 2 aromatic rings. The van der Waals surface area contributed by atoms with Crippen molar-refractivity contribution >= 4 is 20.0 Å². The van der Waals surface area contributed by atoms with Crippen molar-refractivity contribution < 1.29 is 16.8 Å². The van der Waals surface area contributed by atoms with Crippen molar-refractivity contribution in [2.75, 3.05) is 0 Å². The van der Waals surface area contributed by atoms with Gasteiger partial charge in [0.15, 0.2) is 0 Å². The molecule has 2 N–H and O–H groups in total. The third-order valence-corrected chi connectivity index (χ3v) is 9.18. The van der Waals surface area contributed by atoms with Crippen LogP contribution in [0.4, 0.5) is 0 Å². The minimum absolute atomic E-state index is 0.663. The lowest BCUT2D eigenvalue weighted by atomic mass is 9.95. The molecule has 0 aromatic heterocycles. The molecule has 0 radical (unpaired) electrons. The van der Waals surface area contributed by atoms with Gasteiger partial charge in [0.05, 0.1) is 21.6 Å². The molecule has 0 bridgehead atoms. The first-order valence-electron chi connectivity index (χ1n) is 9.79. The quantitative estimate of drug-likeness (QED) is 0.666. The van der Waals surface area contributed by atoms with Crippen LogP contribution in [0.2, 0.25) is 0 Å².